The van der Waals surface area contributed by atoms with Crippen molar-refractivity contribution in [2.45, 2.75) is 26.7 Å². The minimum atomic E-state index is -0.344. The van der Waals surface area contributed by atoms with E-state index < -0.39 is 0 Å². The molecule has 0 unspecified atom stereocenters. The zero-order chi connectivity index (χ0) is 14.1. The van der Waals surface area contributed by atoms with Gasteiger partial charge in [0.1, 0.15) is 0 Å². The average Bonchev–Trinajstić information content (AvgIpc) is 2.44. The molecule has 0 aliphatic carbocycles. The van der Waals surface area contributed by atoms with Gasteiger partial charge in [0.05, 0.1) is 7.11 Å². The molecule has 0 saturated carbocycles. The molecule has 0 aliphatic heterocycles. The first-order valence-electron chi connectivity index (χ1n) is 6.46. The Balaban J connectivity index is 3.18. The molecule has 1 rings (SSSR count). The van der Waals surface area contributed by atoms with Crippen molar-refractivity contribution in [1.82, 2.24) is 0 Å². The smallest absolute Gasteiger partial charge is 0.330 e. The fraction of sp³-hybridized carbons (Fsp3) is 0.294. The van der Waals surface area contributed by atoms with E-state index in [1.807, 2.05) is 43.3 Å². The number of rotatable bonds is 5. The number of hydrogen-bond donors (Lipinski definition) is 0. The van der Waals surface area contributed by atoms with Crippen LogP contribution < -0.4 is 0 Å². The van der Waals surface area contributed by atoms with E-state index in [0.717, 1.165) is 29.6 Å². The van der Waals surface area contributed by atoms with Gasteiger partial charge in [-0.15, -0.1) is 5.73 Å². The quantitative estimate of drug-likeness (QED) is 0.342. The minimum absolute atomic E-state index is 0.344. The van der Waals surface area contributed by atoms with Crippen LogP contribution >= 0.6 is 0 Å². The van der Waals surface area contributed by atoms with Gasteiger partial charge in [-0.1, -0.05) is 43.7 Å². The van der Waals surface area contributed by atoms with Crippen molar-refractivity contribution in [3.8, 4) is 0 Å². The zero-order valence-corrected chi connectivity index (χ0v) is 11.8. The van der Waals surface area contributed by atoms with Gasteiger partial charge in [0.15, 0.2) is 0 Å². The van der Waals surface area contributed by atoms with Crippen molar-refractivity contribution in [2.75, 3.05) is 7.11 Å². The van der Waals surface area contributed by atoms with Crippen LogP contribution in [0.3, 0.4) is 0 Å². The molecule has 100 valence electrons. The Morgan fingerprint density at radius 2 is 2.00 bits per heavy atom. The molecule has 2 nitrogen and oxygen atoms in total. The summed E-state index contributed by atoms with van der Waals surface area (Å²) in [5.74, 6) is -0.344. The summed E-state index contributed by atoms with van der Waals surface area (Å²) < 4.78 is 4.67. The van der Waals surface area contributed by atoms with E-state index in [0.29, 0.717) is 0 Å². The third-order valence-electron chi connectivity index (χ3n) is 2.67. The van der Waals surface area contributed by atoms with Crippen LogP contribution in [-0.4, -0.2) is 13.1 Å². The largest absolute Gasteiger partial charge is 0.466 e. The Morgan fingerprint density at radius 3 is 2.58 bits per heavy atom. The second-order valence-electron chi connectivity index (χ2n) is 4.23. The Morgan fingerprint density at radius 1 is 1.32 bits per heavy atom. The highest BCUT2D eigenvalue weighted by atomic mass is 16.5. The predicted octanol–water partition coefficient (Wildman–Crippen LogP) is 4.14. The lowest BCUT2D eigenvalue weighted by Gasteiger charge is -2.05. The van der Waals surface area contributed by atoms with E-state index >= 15 is 0 Å². The highest BCUT2D eigenvalue weighted by Crippen LogP contribution is 2.21. The zero-order valence-electron chi connectivity index (χ0n) is 11.8. The van der Waals surface area contributed by atoms with Crippen LogP contribution in [0.5, 0.6) is 0 Å². The van der Waals surface area contributed by atoms with Crippen LogP contribution in [0.25, 0.3) is 5.57 Å². The number of hydrogen-bond acceptors (Lipinski definition) is 2. The molecule has 0 fully saturated rings. The van der Waals surface area contributed by atoms with Crippen molar-refractivity contribution >= 4 is 11.5 Å². The number of ether oxygens (including phenoxy) is 1. The van der Waals surface area contributed by atoms with Crippen molar-refractivity contribution in [3.05, 3.63) is 59.4 Å². The fourth-order valence-corrected chi connectivity index (χ4v) is 1.66. The third kappa shape index (κ3) is 4.99. The molecule has 0 aliphatic rings. The molecule has 0 aromatic heterocycles. The van der Waals surface area contributed by atoms with E-state index in [9.17, 15) is 4.79 Å². The molecule has 0 saturated heterocycles. The van der Waals surface area contributed by atoms with E-state index in [2.05, 4.69) is 17.4 Å². The summed E-state index contributed by atoms with van der Waals surface area (Å²) in [6.45, 7) is 4.02. The van der Waals surface area contributed by atoms with Crippen molar-refractivity contribution in [1.29, 1.82) is 0 Å². The Kier molecular flexibility index (Phi) is 6.42. The molecule has 0 radical (unpaired) electrons. The highest BCUT2D eigenvalue weighted by molar-refractivity contribution is 5.89. The topological polar surface area (TPSA) is 26.3 Å². The van der Waals surface area contributed by atoms with Gasteiger partial charge in [-0.25, -0.2) is 4.79 Å². The molecule has 0 spiro atoms. The first-order valence-corrected chi connectivity index (χ1v) is 6.46. The number of methoxy groups -OCH3 is 1. The van der Waals surface area contributed by atoms with E-state index in [1.54, 1.807) is 0 Å². The number of carbonyl (C=O) groups excluding carboxylic acids is 1. The van der Waals surface area contributed by atoms with Crippen LogP contribution in [-0.2, 0) is 9.53 Å². The first kappa shape index (κ1) is 15.0. The predicted molar refractivity (Wildman–Crippen MR) is 78.6 cm³/mol. The Bertz CT molecular complexity index is 503. The van der Waals surface area contributed by atoms with Crippen molar-refractivity contribution in [2.24, 2.45) is 0 Å². The van der Waals surface area contributed by atoms with E-state index in [4.69, 9.17) is 0 Å². The van der Waals surface area contributed by atoms with Crippen LogP contribution in [0.2, 0.25) is 0 Å². The van der Waals surface area contributed by atoms with Gasteiger partial charge in [0.2, 0.25) is 0 Å². The molecule has 0 N–H and O–H groups in total. The summed E-state index contributed by atoms with van der Waals surface area (Å²) in [7, 11) is 1.38. The fourth-order valence-electron chi connectivity index (χ4n) is 1.66. The first-order chi connectivity index (χ1) is 9.19. The van der Waals surface area contributed by atoms with Gasteiger partial charge in [-0.05, 0) is 30.6 Å². The molecular weight excluding hydrogens is 236 g/mol. The van der Waals surface area contributed by atoms with Gasteiger partial charge in [0.25, 0.3) is 0 Å². The number of carbonyl (C=O) groups is 1. The highest BCUT2D eigenvalue weighted by Gasteiger charge is 2.05. The molecule has 1 aromatic carbocycles. The summed E-state index contributed by atoms with van der Waals surface area (Å²) in [5.41, 5.74) is 6.11. The number of benzene rings is 1. The molecule has 1 aromatic rings. The summed E-state index contributed by atoms with van der Waals surface area (Å²) in [6.07, 6.45) is 5.56. The maximum atomic E-state index is 11.3. The number of unbranched alkanes of at least 4 members (excludes halogenated alkanes) is 1. The second kappa shape index (κ2) is 8.12. The lowest BCUT2D eigenvalue weighted by atomic mass is 9.99. The van der Waals surface area contributed by atoms with Crippen LogP contribution in [0.15, 0.2) is 53.8 Å². The maximum Gasteiger partial charge on any atom is 0.330 e. The lowest BCUT2D eigenvalue weighted by molar-refractivity contribution is -0.134. The second-order valence-corrected chi connectivity index (χ2v) is 4.23. The molecular formula is C17H20O2. The molecule has 19 heavy (non-hydrogen) atoms. The number of allylic oxidation sites excluding steroid dienone is 2. The Hall–Kier alpha value is -2.05. The van der Waals surface area contributed by atoms with Gasteiger partial charge >= 0.3 is 5.97 Å². The average molecular weight is 256 g/mol. The van der Waals surface area contributed by atoms with Crippen LogP contribution in [0.1, 0.15) is 32.3 Å². The molecule has 0 bridgehead atoms. The Labute approximate surface area is 115 Å². The SMILES string of the molecule is CCCC=C=C(/C(C)=C\C(=O)OC)c1ccccc1. The molecule has 0 heterocycles. The maximum absolute atomic E-state index is 11.3. The van der Waals surface area contributed by atoms with Gasteiger partial charge < -0.3 is 4.74 Å². The summed E-state index contributed by atoms with van der Waals surface area (Å²) in [5, 5.41) is 0. The van der Waals surface area contributed by atoms with Gasteiger partial charge in [-0.3, -0.25) is 0 Å². The third-order valence-corrected chi connectivity index (χ3v) is 2.67. The van der Waals surface area contributed by atoms with Crippen molar-refractivity contribution in [3.63, 3.8) is 0 Å². The minimum Gasteiger partial charge on any atom is -0.466 e. The van der Waals surface area contributed by atoms with Crippen molar-refractivity contribution < 1.29 is 9.53 Å². The van der Waals surface area contributed by atoms with E-state index in [1.165, 1.54) is 13.2 Å². The van der Waals surface area contributed by atoms with Gasteiger partial charge in [0, 0.05) is 11.6 Å². The monoisotopic (exact) mass is 256 g/mol. The summed E-state index contributed by atoms with van der Waals surface area (Å²) in [4.78, 5) is 11.3. The summed E-state index contributed by atoms with van der Waals surface area (Å²) in [6, 6.07) is 9.94. The van der Waals surface area contributed by atoms with Crippen LogP contribution in [0, 0.1) is 0 Å². The van der Waals surface area contributed by atoms with E-state index in [-0.39, 0.29) is 5.97 Å². The van der Waals surface area contributed by atoms with Crippen LogP contribution in [0.4, 0.5) is 0 Å². The molecule has 0 atom stereocenters. The molecule has 0 amide bonds. The standard InChI is InChI=1S/C17H20O2/c1-4-5-7-12-16(14(2)13-17(18)19-3)15-10-8-6-9-11-15/h6-11,13H,4-5H2,1-3H3/b14-13-. The van der Waals surface area contributed by atoms with Gasteiger partial charge in [-0.2, -0.15) is 0 Å². The summed E-state index contributed by atoms with van der Waals surface area (Å²) >= 11 is 0. The number of esters is 1. The normalized spacial score (nSPS) is 10.6. The molecule has 2 heteroatoms. The lowest BCUT2D eigenvalue weighted by Crippen LogP contribution is -1.97.